The number of fused-ring (bicyclic) bond motifs is 1. The molecule has 0 unspecified atom stereocenters. The lowest BCUT2D eigenvalue weighted by Gasteiger charge is -2.30. The van der Waals surface area contributed by atoms with E-state index in [0.717, 1.165) is 49.6 Å². The molecule has 2 aliphatic heterocycles. The molecule has 0 spiro atoms. The van der Waals surface area contributed by atoms with Crippen molar-refractivity contribution < 1.29 is 9.13 Å². The summed E-state index contributed by atoms with van der Waals surface area (Å²) in [6.07, 6.45) is 2.04. The molecular weight excluding hydrogens is 309 g/mol. The maximum Gasteiger partial charge on any atom is 0.237 e. The molecule has 2 N–H and O–H groups in total. The van der Waals surface area contributed by atoms with Gasteiger partial charge in [0.1, 0.15) is 11.5 Å². The summed E-state index contributed by atoms with van der Waals surface area (Å²) in [5.74, 6) is 0.620. The van der Waals surface area contributed by atoms with E-state index in [1.165, 1.54) is 6.07 Å². The quantitative estimate of drug-likeness (QED) is 0.923. The van der Waals surface area contributed by atoms with Crippen molar-refractivity contribution in [2.75, 3.05) is 19.7 Å². The largest absolute Gasteiger partial charge is 0.476 e. The normalized spacial score (nSPS) is 22.2. The van der Waals surface area contributed by atoms with Crippen LogP contribution < -0.4 is 10.5 Å². The van der Waals surface area contributed by atoms with Crippen molar-refractivity contribution >= 4 is 0 Å². The number of hydrogen-bond donors (Lipinski definition) is 1. The van der Waals surface area contributed by atoms with Gasteiger partial charge in [0.05, 0.1) is 13.2 Å². The molecule has 3 heterocycles. The number of halogens is 1. The highest BCUT2D eigenvalue weighted by Crippen LogP contribution is 2.29. The van der Waals surface area contributed by atoms with E-state index in [1.807, 2.05) is 6.07 Å². The van der Waals surface area contributed by atoms with Crippen LogP contribution in [0, 0.1) is 5.82 Å². The summed E-state index contributed by atoms with van der Waals surface area (Å²) in [5.41, 5.74) is 7.76. The Kier molecular flexibility index (Phi) is 4.20. The van der Waals surface area contributed by atoms with Crippen LogP contribution in [0.2, 0.25) is 0 Å². The smallest absolute Gasteiger partial charge is 0.237 e. The predicted octanol–water partition coefficient (Wildman–Crippen LogP) is 1.52. The minimum absolute atomic E-state index is 0.0933. The molecule has 1 saturated heterocycles. The van der Waals surface area contributed by atoms with Crippen LogP contribution in [0.5, 0.6) is 5.88 Å². The van der Waals surface area contributed by atoms with Crippen LogP contribution in [0.1, 0.15) is 30.0 Å². The molecule has 128 valence electrons. The molecule has 1 aromatic carbocycles. The molecule has 7 heteroatoms. The Morgan fingerprint density at radius 1 is 1.29 bits per heavy atom. The lowest BCUT2D eigenvalue weighted by atomic mass is 9.99. The molecule has 0 saturated carbocycles. The third kappa shape index (κ3) is 3.14. The van der Waals surface area contributed by atoms with Gasteiger partial charge in [0, 0.05) is 31.6 Å². The number of benzene rings is 1. The van der Waals surface area contributed by atoms with Crippen molar-refractivity contribution in [1.82, 2.24) is 19.9 Å². The van der Waals surface area contributed by atoms with Gasteiger partial charge in [-0.05, 0) is 30.5 Å². The fourth-order valence-electron chi connectivity index (χ4n) is 3.44. The second-order valence-electron chi connectivity index (χ2n) is 6.70. The average Bonchev–Trinajstić information content (AvgIpc) is 2.99. The van der Waals surface area contributed by atoms with E-state index in [4.69, 9.17) is 10.5 Å². The Bertz CT molecular complexity index is 711. The molecule has 1 fully saturated rings. The summed E-state index contributed by atoms with van der Waals surface area (Å²) < 4.78 is 21.1. The summed E-state index contributed by atoms with van der Waals surface area (Å²) in [4.78, 5) is 2.34. The van der Waals surface area contributed by atoms with Gasteiger partial charge in [0.25, 0.3) is 0 Å². The number of piperidine rings is 1. The average molecular weight is 331 g/mol. The van der Waals surface area contributed by atoms with Gasteiger partial charge in [-0.25, -0.2) is 9.07 Å². The summed E-state index contributed by atoms with van der Waals surface area (Å²) in [6, 6.07) is 6.99. The Hall–Kier alpha value is -1.99. The van der Waals surface area contributed by atoms with E-state index < -0.39 is 0 Å². The second-order valence-corrected chi connectivity index (χ2v) is 6.70. The Balaban J connectivity index is 1.45. The topological polar surface area (TPSA) is 69.2 Å². The first-order chi connectivity index (χ1) is 11.7. The highest BCUT2D eigenvalue weighted by Gasteiger charge is 2.27. The lowest BCUT2D eigenvalue weighted by Crippen LogP contribution is -2.39. The van der Waals surface area contributed by atoms with Gasteiger partial charge < -0.3 is 10.5 Å². The molecule has 1 aromatic heterocycles. The highest BCUT2D eigenvalue weighted by molar-refractivity contribution is 5.25. The van der Waals surface area contributed by atoms with Gasteiger partial charge in [0.2, 0.25) is 5.88 Å². The third-order valence-corrected chi connectivity index (χ3v) is 4.89. The molecule has 4 rings (SSSR count). The van der Waals surface area contributed by atoms with Crippen molar-refractivity contribution in [3.63, 3.8) is 0 Å². The number of hydrogen-bond acceptors (Lipinski definition) is 5. The van der Waals surface area contributed by atoms with Crippen LogP contribution in [0.15, 0.2) is 24.3 Å². The molecule has 2 aromatic rings. The van der Waals surface area contributed by atoms with Crippen molar-refractivity contribution in [3.8, 4) is 5.88 Å². The maximum atomic E-state index is 13.4. The second kappa shape index (κ2) is 6.49. The molecule has 2 aliphatic rings. The van der Waals surface area contributed by atoms with Gasteiger partial charge in [-0.15, -0.1) is 5.10 Å². The van der Waals surface area contributed by atoms with E-state index in [0.29, 0.717) is 19.2 Å². The molecule has 6 nitrogen and oxygen atoms in total. The van der Waals surface area contributed by atoms with E-state index in [2.05, 4.69) is 15.2 Å². The van der Waals surface area contributed by atoms with Crippen LogP contribution >= 0.6 is 0 Å². The van der Waals surface area contributed by atoms with Crippen molar-refractivity contribution in [1.29, 1.82) is 0 Å². The fraction of sp³-hybridized carbons (Fsp3) is 0.529. The van der Waals surface area contributed by atoms with E-state index in [-0.39, 0.29) is 11.7 Å². The lowest BCUT2D eigenvalue weighted by molar-refractivity contribution is 0.184. The minimum atomic E-state index is -0.221. The van der Waals surface area contributed by atoms with Crippen LogP contribution in [0.3, 0.4) is 0 Å². The van der Waals surface area contributed by atoms with Crippen LogP contribution in [-0.4, -0.2) is 45.6 Å². The number of nitrogens with two attached hydrogens (primary N) is 1. The number of ether oxygens (including phenoxy) is 1. The fourth-order valence-corrected chi connectivity index (χ4v) is 3.44. The summed E-state index contributed by atoms with van der Waals surface area (Å²) in [6.45, 7) is 3.90. The van der Waals surface area contributed by atoms with Gasteiger partial charge in [-0.1, -0.05) is 17.3 Å². The van der Waals surface area contributed by atoms with Crippen LogP contribution in [0.4, 0.5) is 4.39 Å². The van der Waals surface area contributed by atoms with Gasteiger partial charge >= 0.3 is 0 Å². The van der Waals surface area contributed by atoms with E-state index in [1.54, 1.807) is 16.8 Å². The van der Waals surface area contributed by atoms with Gasteiger partial charge in [0.15, 0.2) is 0 Å². The molecule has 24 heavy (non-hydrogen) atoms. The molecule has 0 bridgehead atoms. The Morgan fingerprint density at radius 2 is 2.12 bits per heavy atom. The standard InChI is InChI=1S/C17H22FN5O/c18-14-3-1-2-12(8-14)13-9-23-17(24-11-13)16(20-21-23)10-22-6-4-15(19)5-7-22/h1-3,8,13,15H,4-7,9-11,19H2/t13-/m1/s1. The first-order valence-electron chi connectivity index (χ1n) is 8.47. The SMILES string of the molecule is NC1CCN(Cc2nnn3c2OC[C@H](c2cccc(F)c2)C3)CC1. The molecular formula is C17H22FN5O. The monoisotopic (exact) mass is 331 g/mol. The summed E-state index contributed by atoms with van der Waals surface area (Å²) >= 11 is 0. The summed E-state index contributed by atoms with van der Waals surface area (Å²) in [7, 11) is 0. The van der Waals surface area contributed by atoms with Crippen molar-refractivity contribution in [3.05, 3.63) is 41.3 Å². The zero-order valence-corrected chi connectivity index (χ0v) is 13.6. The van der Waals surface area contributed by atoms with Crippen LogP contribution in [0.25, 0.3) is 0 Å². The Labute approximate surface area is 140 Å². The first-order valence-corrected chi connectivity index (χ1v) is 8.47. The van der Waals surface area contributed by atoms with Crippen molar-refractivity contribution in [2.24, 2.45) is 5.73 Å². The maximum absolute atomic E-state index is 13.4. The number of rotatable bonds is 3. The third-order valence-electron chi connectivity index (χ3n) is 4.89. The zero-order valence-electron chi connectivity index (χ0n) is 13.6. The number of aromatic nitrogens is 3. The van der Waals surface area contributed by atoms with E-state index in [9.17, 15) is 4.39 Å². The van der Waals surface area contributed by atoms with Crippen LogP contribution in [-0.2, 0) is 13.1 Å². The number of nitrogens with zero attached hydrogens (tertiary/aromatic N) is 4. The minimum Gasteiger partial charge on any atom is -0.476 e. The molecule has 0 amide bonds. The molecule has 0 aliphatic carbocycles. The molecule has 0 radical (unpaired) electrons. The molecule has 1 atom stereocenters. The van der Waals surface area contributed by atoms with Crippen molar-refractivity contribution in [2.45, 2.75) is 37.9 Å². The number of likely N-dealkylation sites (tertiary alicyclic amines) is 1. The summed E-state index contributed by atoms with van der Waals surface area (Å²) in [5, 5.41) is 8.53. The first kappa shape index (κ1) is 15.5. The zero-order chi connectivity index (χ0) is 16.5. The predicted molar refractivity (Wildman–Crippen MR) is 87.1 cm³/mol. The Morgan fingerprint density at radius 3 is 2.92 bits per heavy atom. The highest BCUT2D eigenvalue weighted by atomic mass is 19.1. The van der Waals surface area contributed by atoms with E-state index >= 15 is 0 Å². The van der Waals surface area contributed by atoms with Gasteiger partial charge in [-0.3, -0.25) is 4.90 Å². The van der Waals surface area contributed by atoms with Gasteiger partial charge in [-0.2, -0.15) is 0 Å².